The van der Waals surface area contributed by atoms with Crippen LogP contribution in [0.3, 0.4) is 0 Å². The Bertz CT molecular complexity index is 851. The van der Waals surface area contributed by atoms with E-state index in [2.05, 4.69) is 5.32 Å². The van der Waals surface area contributed by atoms with Crippen molar-refractivity contribution in [2.24, 2.45) is 0 Å². The number of halogens is 4. The molecule has 0 saturated carbocycles. The molecule has 9 heteroatoms. The number of rotatable bonds is 4. The maximum absolute atomic E-state index is 12.7. The van der Waals surface area contributed by atoms with Gasteiger partial charge >= 0.3 is 6.18 Å². The monoisotopic (exact) mass is 462 g/mol. The van der Waals surface area contributed by atoms with Crippen molar-refractivity contribution >= 4 is 45.9 Å². The van der Waals surface area contributed by atoms with E-state index >= 15 is 0 Å². The second-order valence-corrected chi connectivity index (χ2v) is 5.99. The van der Waals surface area contributed by atoms with Crippen LogP contribution in [-0.4, -0.2) is 10.8 Å². The van der Waals surface area contributed by atoms with Gasteiger partial charge in [0.15, 0.2) is 0 Å². The van der Waals surface area contributed by atoms with E-state index in [4.69, 9.17) is 0 Å². The average Bonchev–Trinajstić information content (AvgIpc) is 2.54. The zero-order chi connectivity index (χ0) is 18.6. The molecule has 0 radical (unpaired) electrons. The van der Waals surface area contributed by atoms with Crippen LogP contribution in [0.5, 0.6) is 0 Å². The number of alkyl halides is 3. The highest BCUT2D eigenvalue weighted by Crippen LogP contribution is 2.32. The number of nitro benzene ring substituents is 1. The lowest BCUT2D eigenvalue weighted by atomic mass is 10.1. The van der Waals surface area contributed by atoms with Gasteiger partial charge in [0.05, 0.1) is 21.7 Å². The number of para-hydroxylation sites is 1. The van der Waals surface area contributed by atoms with Gasteiger partial charge in [-0.3, -0.25) is 14.9 Å². The molecule has 0 heterocycles. The molecule has 2 aromatic carbocycles. The number of carbonyl (C=O) groups is 1. The first-order valence-electron chi connectivity index (χ1n) is 6.77. The van der Waals surface area contributed by atoms with E-state index in [0.29, 0.717) is 3.57 Å². The standard InChI is InChI=1S/C16H10F3IN2O3/c17-16(18,19)11-6-7-12(20)13(9-11)21-15(23)8-5-10-3-1-2-4-14(10)22(24)25/h1-9H,(H,21,23)/b8-5+. The number of nitrogens with zero attached hydrogens (tertiary/aromatic N) is 1. The maximum Gasteiger partial charge on any atom is 0.416 e. The van der Waals surface area contributed by atoms with Gasteiger partial charge in [-0.05, 0) is 52.9 Å². The summed E-state index contributed by atoms with van der Waals surface area (Å²) in [7, 11) is 0. The van der Waals surface area contributed by atoms with E-state index in [1.54, 1.807) is 28.7 Å². The molecule has 130 valence electrons. The Morgan fingerprint density at radius 2 is 1.88 bits per heavy atom. The summed E-state index contributed by atoms with van der Waals surface area (Å²) in [5.74, 6) is -0.699. The normalized spacial score (nSPS) is 11.5. The predicted octanol–water partition coefficient (Wildman–Crippen LogP) is 4.87. The van der Waals surface area contributed by atoms with Crippen molar-refractivity contribution in [2.45, 2.75) is 6.18 Å². The molecule has 5 nitrogen and oxygen atoms in total. The topological polar surface area (TPSA) is 72.2 Å². The van der Waals surface area contributed by atoms with Gasteiger partial charge in [0, 0.05) is 15.7 Å². The van der Waals surface area contributed by atoms with Crippen molar-refractivity contribution in [1.29, 1.82) is 0 Å². The SMILES string of the molecule is O=C(/C=C/c1ccccc1[N+](=O)[O-])Nc1cc(C(F)(F)F)ccc1I. The molecule has 1 amide bonds. The minimum atomic E-state index is -4.52. The second-order valence-electron chi connectivity index (χ2n) is 4.83. The van der Waals surface area contributed by atoms with Crippen molar-refractivity contribution in [1.82, 2.24) is 0 Å². The van der Waals surface area contributed by atoms with E-state index in [0.717, 1.165) is 18.2 Å². The second kappa shape index (κ2) is 7.64. The zero-order valence-corrected chi connectivity index (χ0v) is 14.5. The van der Waals surface area contributed by atoms with Crippen LogP contribution in [0.2, 0.25) is 0 Å². The number of hydrogen-bond donors (Lipinski definition) is 1. The number of benzene rings is 2. The van der Waals surface area contributed by atoms with Crippen LogP contribution in [0.1, 0.15) is 11.1 Å². The molecule has 25 heavy (non-hydrogen) atoms. The van der Waals surface area contributed by atoms with Crippen LogP contribution in [-0.2, 0) is 11.0 Å². The Labute approximate surface area is 153 Å². The smallest absolute Gasteiger partial charge is 0.322 e. The highest BCUT2D eigenvalue weighted by atomic mass is 127. The molecular formula is C16H10F3IN2O3. The fourth-order valence-electron chi connectivity index (χ4n) is 1.93. The minimum Gasteiger partial charge on any atom is -0.322 e. The Balaban J connectivity index is 2.20. The third kappa shape index (κ3) is 5.02. The van der Waals surface area contributed by atoms with Crippen molar-refractivity contribution in [3.8, 4) is 0 Å². The van der Waals surface area contributed by atoms with Gasteiger partial charge in [-0.2, -0.15) is 13.2 Å². The summed E-state index contributed by atoms with van der Waals surface area (Å²) in [4.78, 5) is 22.2. The third-order valence-electron chi connectivity index (χ3n) is 3.10. The molecule has 0 atom stereocenters. The first-order chi connectivity index (χ1) is 11.7. The summed E-state index contributed by atoms with van der Waals surface area (Å²) in [6, 6.07) is 8.79. The van der Waals surface area contributed by atoms with Crippen molar-refractivity contribution in [3.63, 3.8) is 0 Å². The Kier molecular flexibility index (Phi) is 5.77. The van der Waals surface area contributed by atoms with Crippen LogP contribution in [0.25, 0.3) is 6.08 Å². The lowest BCUT2D eigenvalue weighted by Crippen LogP contribution is -2.11. The van der Waals surface area contributed by atoms with E-state index in [-0.39, 0.29) is 16.9 Å². The summed E-state index contributed by atoms with van der Waals surface area (Å²) in [6.45, 7) is 0. The number of anilines is 1. The van der Waals surface area contributed by atoms with Crippen molar-refractivity contribution in [3.05, 3.63) is 73.4 Å². The summed E-state index contributed by atoms with van der Waals surface area (Å²) in [6.07, 6.45) is -2.27. The van der Waals surface area contributed by atoms with Gasteiger partial charge in [-0.15, -0.1) is 0 Å². The molecule has 0 aliphatic heterocycles. The van der Waals surface area contributed by atoms with Gasteiger partial charge < -0.3 is 5.32 Å². The summed E-state index contributed by atoms with van der Waals surface area (Å²) < 4.78 is 38.6. The largest absolute Gasteiger partial charge is 0.416 e. The third-order valence-corrected chi connectivity index (χ3v) is 4.04. The molecule has 0 fully saturated rings. The molecule has 0 aromatic heterocycles. The summed E-state index contributed by atoms with van der Waals surface area (Å²) >= 11 is 1.80. The summed E-state index contributed by atoms with van der Waals surface area (Å²) in [5.41, 5.74) is -0.847. The molecule has 0 spiro atoms. The van der Waals surface area contributed by atoms with Gasteiger partial charge in [0.2, 0.25) is 5.91 Å². The number of carbonyl (C=O) groups excluding carboxylic acids is 1. The molecule has 1 N–H and O–H groups in total. The van der Waals surface area contributed by atoms with Crippen molar-refractivity contribution < 1.29 is 22.9 Å². The van der Waals surface area contributed by atoms with E-state index in [9.17, 15) is 28.1 Å². The average molecular weight is 462 g/mol. The Morgan fingerprint density at radius 3 is 2.52 bits per heavy atom. The molecule has 0 aliphatic carbocycles. The van der Waals surface area contributed by atoms with E-state index in [1.807, 2.05) is 0 Å². The lowest BCUT2D eigenvalue weighted by Gasteiger charge is -2.10. The van der Waals surface area contributed by atoms with Gasteiger partial charge in [-0.25, -0.2) is 0 Å². The van der Waals surface area contributed by atoms with Gasteiger partial charge in [0.1, 0.15) is 0 Å². The van der Waals surface area contributed by atoms with E-state index in [1.165, 1.54) is 30.3 Å². The summed E-state index contributed by atoms with van der Waals surface area (Å²) in [5, 5.41) is 13.2. The zero-order valence-electron chi connectivity index (χ0n) is 12.4. The number of nitrogens with one attached hydrogen (secondary N) is 1. The highest BCUT2D eigenvalue weighted by Gasteiger charge is 2.31. The van der Waals surface area contributed by atoms with Crippen LogP contribution in [0.4, 0.5) is 24.5 Å². The Morgan fingerprint density at radius 1 is 1.20 bits per heavy atom. The quantitative estimate of drug-likeness (QED) is 0.305. The molecule has 0 bridgehead atoms. The highest BCUT2D eigenvalue weighted by molar-refractivity contribution is 14.1. The van der Waals surface area contributed by atoms with Crippen LogP contribution < -0.4 is 5.32 Å². The van der Waals surface area contributed by atoms with Gasteiger partial charge in [0.25, 0.3) is 5.69 Å². The Hall–Kier alpha value is -2.43. The van der Waals surface area contributed by atoms with E-state index < -0.39 is 22.6 Å². The predicted molar refractivity (Wildman–Crippen MR) is 94.9 cm³/mol. The molecule has 2 aromatic rings. The fraction of sp³-hybridized carbons (Fsp3) is 0.0625. The first-order valence-corrected chi connectivity index (χ1v) is 7.85. The maximum atomic E-state index is 12.7. The molecular weight excluding hydrogens is 452 g/mol. The molecule has 0 aliphatic rings. The minimum absolute atomic E-state index is 0.00707. The number of nitro groups is 1. The van der Waals surface area contributed by atoms with Gasteiger partial charge in [-0.1, -0.05) is 12.1 Å². The molecule has 2 rings (SSSR count). The van der Waals surface area contributed by atoms with Crippen LogP contribution in [0, 0.1) is 13.7 Å². The van der Waals surface area contributed by atoms with Crippen LogP contribution in [0.15, 0.2) is 48.5 Å². The molecule has 0 unspecified atom stereocenters. The van der Waals surface area contributed by atoms with Crippen molar-refractivity contribution in [2.75, 3.05) is 5.32 Å². The lowest BCUT2D eigenvalue weighted by molar-refractivity contribution is -0.385. The fourth-order valence-corrected chi connectivity index (χ4v) is 2.40. The number of amides is 1. The van der Waals surface area contributed by atoms with Crippen LogP contribution >= 0.6 is 22.6 Å². The number of hydrogen-bond acceptors (Lipinski definition) is 3. The first kappa shape index (κ1) is 18.9. The molecule has 0 saturated heterocycles.